The number of ether oxygens (including phenoxy) is 1. The van der Waals surface area contributed by atoms with Gasteiger partial charge in [-0.05, 0) is 69.1 Å². The summed E-state index contributed by atoms with van der Waals surface area (Å²) in [5.74, 6) is -1.55. The van der Waals surface area contributed by atoms with Gasteiger partial charge in [-0.2, -0.15) is 0 Å². The predicted octanol–water partition coefficient (Wildman–Crippen LogP) is 3.41. The zero-order valence-corrected chi connectivity index (χ0v) is 19.6. The molecule has 1 N–H and O–H groups in total. The maximum Gasteiger partial charge on any atom is 0.226 e. The van der Waals surface area contributed by atoms with Gasteiger partial charge in [-0.3, -0.25) is 4.79 Å². The van der Waals surface area contributed by atoms with Crippen LogP contribution in [-0.4, -0.2) is 56.8 Å². The zero-order chi connectivity index (χ0) is 23.8. The summed E-state index contributed by atoms with van der Waals surface area (Å²) in [5, 5.41) is 0. The fourth-order valence-corrected chi connectivity index (χ4v) is 5.89. The van der Waals surface area contributed by atoms with Crippen molar-refractivity contribution in [2.45, 2.75) is 75.2 Å². The number of piperidine rings is 1. The van der Waals surface area contributed by atoms with Crippen molar-refractivity contribution in [3.05, 3.63) is 35.4 Å². The van der Waals surface area contributed by atoms with Gasteiger partial charge in [0.1, 0.15) is 17.3 Å². The molecule has 2 saturated carbocycles. The number of nitrogens with one attached hydrogen (secondary N) is 1. The number of halogens is 3. The molecule has 1 aromatic carbocycles. The average molecular weight is 489 g/mol. The molecule has 0 aromatic heterocycles. The molecule has 0 bridgehead atoms. The Morgan fingerprint density at radius 3 is 2.33 bits per heavy atom. The third-order valence-corrected chi connectivity index (χ3v) is 7.69. The van der Waals surface area contributed by atoms with Crippen LogP contribution in [-0.2, 0) is 25.2 Å². The van der Waals surface area contributed by atoms with Gasteiger partial charge in [0.2, 0.25) is 15.9 Å². The molecule has 1 aliphatic heterocycles. The molecule has 184 valence electrons. The van der Waals surface area contributed by atoms with Gasteiger partial charge in [-0.1, -0.05) is 0 Å². The first-order valence-corrected chi connectivity index (χ1v) is 13.5. The standard InChI is InChI=1S/C23H31F3N2O4S/c1-33(30,31)27-20-3-2-10-28(22(29)15-4-5-15)21(20)14-32-19-6-8-23(26,9-7-19)16-11-17(24)13-18(25)12-16/h11-13,15,19-21,27H,2-10,14H2,1H3. The van der Waals surface area contributed by atoms with E-state index in [4.69, 9.17) is 4.74 Å². The molecule has 2 aliphatic carbocycles. The molecule has 6 nitrogen and oxygen atoms in total. The fraction of sp³-hybridized carbons (Fsp3) is 0.696. The van der Waals surface area contributed by atoms with E-state index in [2.05, 4.69) is 4.72 Å². The van der Waals surface area contributed by atoms with Crippen LogP contribution >= 0.6 is 0 Å². The monoisotopic (exact) mass is 488 g/mol. The third kappa shape index (κ3) is 6.08. The van der Waals surface area contributed by atoms with Crippen molar-refractivity contribution < 1.29 is 31.1 Å². The molecule has 4 rings (SSSR count). The van der Waals surface area contributed by atoms with Crippen LogP contribution in [0.15, 0.2) is 18.2 Å². The Hall–Kier alpha value is -1.65. The van der Waals surface area contributed by atoms with Gasteiger partial charge in [0.25, 0.3) is 0 Å². The topological polar surface area (TPSA) is 75.7 Å². The molecule has 10 heteroatoms. The highest BCUT2D eigenvalue weighted by Gasteiger charge is 2.43. The molecule has 33 heavy (non-hydrogen) atoms. The van der Waals surface area contributed by atoms with E-state index in [9.17, 15) is 22.0 Å². The number of amides is 1. The third-order valence-electron chi connectivity index (χ3n) is 6.96. The van der Waals surface area contributed by atoms with E-state index in [-0.39, 0.29) is 42.9 Å². The van der Waals surface area contributed by atoms with Gasteiger partial charge in [0.15, 0.2) is 0 Å². The molecular weight excluding hydrogens is 457 g/mol. The van der Waals surface area contributed by atoms with Crippen LogP contribution in [0.3, 0.4) is 0 Å². The maximum absolute atomic E-state index is 15.4. The number of hydrogen-bond acceptors (Lipinski definition) is 4. The number of nitrogens with zero attached hydrogens (tertiary/aromatic N) is 1. The molecular formula is C23H31F3N2O4S. The van der Waals surface area contributed by atoms with E-state index in [0.717, 1.165) is 37.3 Å². The van der Waals surface area contributed by atoms with Gasteiger partial charge >= 0.3 is 0 Å². The second-order valence-electron chi connectivity index (χ2n) is 9.67. The van der Waals surface area contributed by atoms with Crippen LogP contribution in [0.2, 0.25) is 0 Å². The lowest BCUT2D eigenvalue weighted by Gasteiger charge is -2.42. The second-order valence-corrected chi connectivity index (χ2v) is 11.4. The largest absolute Gasteiger partial charge is 0.376 e. The number of likely N-dealkylation sites (tertiary alicyclic amines) is 1. The second kappa shape index (κ2) is 9.54. The molecule has 3 aliphatic rings. The summed E-state index contributed by atoms with van der Waals surface area (Å²) in [6.45, 7) is 0.721. The quantitative estimate of drug-likeness (QED) is 0.638. The van der Waals surface area contributed by atoms with Crippen molar-refractivity contribution >= 4 is 15.9 Å². The summed E-state index contributed by atoms with van der Waals surface area (Å²) >= 11 is 0. The van der Waals surface area contributed by atoms with Gasteiger partial charge in [0, 0.05) is 24.6 Å². The first kappa shape index (κ1) is 24.5. The smallest absolute Gasteiger partial charge is 0.226 e. The number of benzene rings is 1. The van der Waals surface area contributed by atoms with Crippen molar-refractivity contribution in [3.8, 4) is 0 Å². The predicted molar refractivity (Wildman–Crippen MR) is 117 cm³/mol. The first-order valence-electron chi connectivity index (χ1n) is 11.6. The van der Waals surface area contributed by atoms with Gasteiger partial charge in [-0.25, -0.2) is 26.3 Å². The lowest BCUT2D eigenvalue weighted by Crippen LogP contribution is -2.59. The number of carbonyl (C=O) groups is 1. The van der Waals surface area contributed by atoms with Crippen LogP contribution in [0.4, 0.5) is 13.2 Å². The molecule has 2 unspecified atom stereocenters. The van der Waals surface area contributed by atoms with Crippen LogP contribution in [0.25, 0.3) is 0 Å². The minimum atomic E-state index is -3.46. The summed E-state index contributed by atoms with van der Waals surface area (Å²) in [6, 6.07) is 1.94. The normalized spacial score (nSPS) is 30.9. The SMILES string of the molecule is CS(=O)(=O)NC1CCCN(C(=O)C2CC2)C1COC1CCC(F)(c2cc(F)cc(F)c2)CC1. The summed E-state index contributed by atoms with van der Waals surface area (Å²) in [4.78, 5) is 14.6. The molecule has 0 spiro atoms. The van der Waals surface area contributed by atoms with Crippen molar-refractivity contribution in [2.75, 3.05) is 19.4 Å². The zero-order valence-electron chi connectivity index (χ0n) is 18.7. The number of rotatable bonds is 7. The summed E-state index contributed by atoms with van der Waals surface area (Å²) in [6.07, 6.45) is 4.73. The minimum absolute atomic E-state index is 0.00403. The molecule has 1 aromatic rings. The number of alkyl halides is 1. The summed E-state index contributed by atoms with van der Waals surface area (Å²) in [5.41, 5.74) is -1.81. The maximum atomic E-state index is 15.4. The van der Waals surface area contributed by atoms with E-state index in [1.54, 1.807) is 4.90 Å². The number of hydrogen-bond donors (Lipinski definition) is 1. The molecule has 1 amide bonds. The Bertz CT molecular complexity index is 958. The van der Waals surface area contributed by atoms with E-state index < -0.39 is 39.4 Å². The van der Waals surface area contributed by atoms with Crippen LogP contribution in [0, 0.1) is 17.6 Å². The lowest BCUT2D eigenvalue weighted by atomic mass is 9.80. The molecule has 1 heterocycles. The van der Waals surface area contributed by atoms with Crippen molar-refractivity contribution in [1.82, 2.24) is 9.62 Å². The minimum Gasteiger partial charge on any atom is -0.376 e. The number of sulfonamides is 1. The van der Waals surface area contributed by atoms with Gasteiger partial charge in [0.05, 0.1) is 25.0 Å². The summed E-state index contributed by atoms with van der Waals surface area (Å²) < 4.78 is 75.0. The van der Waals surface area contributed by atoms with E-state index in [0.29, 0.717) is 32.2 Å². The van der Waals surface area contributed by atoms with Crippen molar-refractivity contribution in [3.63, 3.8) is 0 Å². The van der Waals surface area contributed by atoms with Gasteiger partial charge in [-0.15, -0.1) is 0 Å². The highest BCUT2D eigenvalue weighted by atomic mass is 32.2. The first-order chi connectivity index (χ1) is 15.5. The Balaban J connectivity index is 1.40. The van der Waals surface area contributed by atoms with Crippen molar-refractivity contribution in [1.29, 1.82) is 0 Å². The van der Waals surface area contributed by atoms with Crippen LogP contribution in [0.1, 0.15) is 56.9 Å². The molecule has 2 atom stereocenters. The Morgan fingerprint density at radius 2 is 1.76 bits per heavy atom. The van der Waals surface area contributed by atoms with Crippen molar-refractivity contribution in [2.24, 2.45) is 5.92 Å². The van der Waals surface area contributed by atoms with Crippen LogP contribution < -0.4 is 4.72 Å². The molecule has 0 radical (unpaired) electrons. The van der Waals surface area contributed by atoms with E-state index in [1.807, 2.05) is 0 Å². The fourth-order valence-electron chi connectivity index (χ4n) is 5.07. The Labute approximate surface area is 192 Å². The highest BCUT2D eigenvalue weighted by Crippen LogP contribution is 2.42. The summed E-state index contributed by atoms with van der Waals surface area (Å²) in [7, 11) is -3.46. The molecule has 3 fully saturated rings. The molecule has 1 saturated heterocycles. The Morgan fingerprint density at radius 1 is 1.12 bits per heavy atom. The van der Waals surface area contributed by atoms with Gasteiger partial charge < -0.3 is 9.64 Å². The average Bonchev–Trinajstić information content (AvgIpc) is 3.57. The lowest BCUT2D eigenvalue weighted by molar-refractivity contribution is -0.140. The van der Waals surface area contributed by atoms with E-state index in [1.165, 1.54) is 0 Å². The van der Waals surface area contributed by atoms with Crippen LogP contribution in [0.5, 0.6) is 0 Å². The number of carbonyl (C=O) groups excluding carboxylic acids is 1. The van der Waals surface area contributed by atoms with E-state index >= 15 is 4.39 Å². The Kier molecular flexibility index (Phi) is 7.08. The highest BCUT2D eigenvalue weighted by molar-refractivity contribution is 7.88.